The Bertz CT molecular complexity index is 171. The van der Waals surface area contributed by atoms with Gasteiger partial charge in [-0.2, -0.15) is 10.2 Å². The average molecular weight is 122 g/mol. The van der Waals surface area contributed by atoms with Crippen molar-refractivity contribution in [1.82, 2.24) is 0 Å². The number of hydrogen-bond donors (Lipinski definition) is 0. The molecule has 0 aromatic heterocycles. The first kappa shape index (κ1) is 7.86. The zero-order valence-electron chi connectivity index (χ0n) is 5.76. The van der Waals surface area contributed by atoms with Crippen LogP contribution in [0.3, 0.4) is 0 Å². The predicted octanol–water partition coefficient (Wildman–Crippen LogP) is 2.31. The molecular formula is C7H10N2. The highest BCUT2D eigenvalue weighted by atomic mass is 15.1. The van der Waals surface area contributed by atoms with Gasteiger partial charge in [0.05, 0.1) is 5.70 Å². The number of azo groups is 1. The largest absolute Gasteiger partial charge is 0.192 e. The lowest BCUT2D eigenvalue weighted by Gasteiger charge is -1.81. The van der Waals surface area contributed by atoms with Crippen molar-refractivity contribution in [2.24, 2.45) is 10.2 Å². The zero-order chi connectivity index (χ0) is 7.11. The molecule has 2 nitrogen and oxygen atoms in total. The van der Waals surface area contributed by atoms with Gasteiger partial charge in [-0.05, 0) is 19.1 Å². The third-order valence-electron chi connectivity index (χ3n) is 0.700. The molecule has 9 heavy (non-hydrogen) atoms. The molecule has 0 saturated heterocycles. The van der Waals surface area contributed by atoms with Crippen LogP contribution in [0.5, 0.6) is 0 Å². The fraction of sp³-hybridized carbons (Fsp3) is 0.286. The lowest BCUT2D eigenvalue weighted by atomic mass is 10.4. The molecule has 0 N–H and O–H groups in total. The summed E-state index contributed by atoms with van der Waals surface area (Å²) in [6.45, 7) is 5.26. The maximum absolute atomic E-state index is 3.75. The van der Waals surface area contributed by atoms with E-state index < -0.39 is 0 Å². The number of rotatable bonds is 2. The van der Waals surface area contributed by atoms with Crippen molar-refractivity contribution in [2.45, 2.75) is 6.92 Å². The van der Waals surface area contributed by atoms with E-state index in [4.69, 9.17) is 0 Å². The van der Waals surface area contributed by atoms with Crippen molar-refractivity contribution >= 4 is 0 Å². The van der Waals surface area contributed by atoms with Crippen LogP contribution in [0.15, 0.2) is 40.4 Å². The van der Waals surface area contributed by atoms with E-state index in [0.29, 0.717) is 0 Å². The van der Waals surface area contributed by atoms with E-state index in [-0.39, 0.29) is 0 Å². The van der Waals surface area contributed by atoms with Gasteiger partial charge < -0.3 is 0 Å². The van der Waals surface area contributed by atoms with Crippen molar-refractivity contribution < 1.29 is 0 Å². The summed E-state index contributed by atoms with van der Waals surface area (Å²) in [5.41, 5.74) is 3.46. The average Bonchev–Trinajstić information content (AvgIpc) is 1.85. The zero-order valence-corrected chi connectivity index (χ0v) is 5.76. The van der Waals surface area contributed by atoms with Crippen LogP contribution in [0, 0.1) is 0 Å². The first-order chi connectivity index (χ1) is 4.31. The van der Waals surface area contributed by atoms with E-state index in [1.807, 2.05) is 6.92 Å². The number of nitrogens with zero attached hydrogens (tertiary/aromatic N) is 2. The molecule has 0 atom stereocenters. The summed E-state index contributed by atoms with van der Waals surface area (Å²) >= 11 is 0. The van der Waals surface area contributed by atoms with Crippen molar-refractivity contribution in [3.05, 3.63) is 30.2 Å². The van der Waals surface area contributed by atoms with Gasteiger partial charge in [-0.1, -0.05) is 6.58 Å². The molecule has 0 heterocycles. The van der Waals surface area contributed by atoms with Gasteiger partial charge in [0, 0.05) is 7.05 Å². The van der Waals surface area contributed by atoms with E-state index in [1.165, 1.54) is 0 Å². The lowest BCUT2D eigenvalue weighted by Crippen LogP contribution is -1.62. The Kier molecular flexibility index (Phi) is 4.37. The molecule has 0 aliphatic carbocycles. The first-order valence-corrected chi connectivity index (χ1v) is 2.64. The highest BCUT2D eigenvalue weighted by Crippen LogP contribution is 1.93. The molecule has 0 radical (unpaired) electrons. The predicted molar refractivity (Wildman–Crippen MR) is 38.2 cm³/mol. The molecule has 2 heteroatoms. The standard InChI is InChI=1S/C7H10N2/c1-4-5-6-7(2)9-8-3/h5-6H,1H2,2-3H3/b7-6-,9-8-. The van der Waals surface area contributed by atoms with Crippen LogP contribution in [0.2, 0.25) is 0 Å². The van der Waals surface area contributed by atoms with Crippen LogP contribution < -0.4 is 0 Å². The van der Waals surface area contributed by atoms with Crippen LogP contribution in [-0.4, -0.2) is 7.05 Å². The lowest BCUT2D eigenvalue weighted by molar-refractivity contribution is 1.08. The van der Waals surface area contributed by atoms with Crippen LogP contribution in [0.25, 0.3) is 0 Å². The maximum Gasteiger partial charge on any atom is 0.0601 e. The van der Waals surface area contributed by atoms with E-state index in [0.717, 1.165) is 5.70 Å². The van der Waals surface area contributed by atoms with Crippen molar-refractivity contribution in [3.63, 3.8) is 0 Å². The van der Waals surface area contributed by atoms with E-state index >= 15 is 0 Å². The van der Waals surface area contributed by atoms with Crippen molar-refractivity contribution in [2.75, 3.05) is 7.05 Å². The molecule has 0 aromatic rings. The molecule has 0 saturated carbocycles. The third-order valence-corrected chi connectivity index (χ3v) is 0.700. The molecule has 0 aliphatic heterocycles. The van der Waals surface area contributed by atoms with Gasteiger partial charge in [0.1, 0.15) is 0 Å². The number of allylic oxidation sites excluding steroid dienone is 3. The Hall–Kier alpha value is -1.14. The molecule has 0 rings (SSSR count). The summed E-state index contributed by atoms with van der Waals surface area (Å²) in [5.74, 6) is 0. The van der Waals surface area contributed by atoms with Gasteiger partial charge in [-0.3, -0.25) is 0 Å². The van der Waals surface area contributed by atoms with Crippen LogP contribution in [-0.2, 0) is 0 Å². The molecule has 0 aromatic carbocycles. The molecule has 0 spiro atoms. The van der Waals surface area contributed by atoms with E-state index in [2.05, 4.69) is 22.5 Å². The molecular weight excluding hydrogens is 112 g/mol. The van der Waals surface area contributed by atoms with Gasteiger partial charge in [0.15, 0.2) is 0 Å². The second-order valence-electron chi connectivity index (χ2n) is 1.48. The normalized spacial score (nSPS) is 11.6. The SMILES string of the molecule is C=C=C/C=C(C)\N=N/C. The molecule has 0 fully saturated rings. The summed E-state index contributed by atoms with van der Waals surface area (Å²) in [7, 11) is 1.63. The van der Waals surface area contributed by atoms with Gasteiger partial charge in [0.25, 0.3) is 0 Å². The quantitative estimate of drug-likeness (QED) is 0.305. The minimum absolute atomic E-state index is 0.855. The van der Waals surface area contributed by atoms with E-state index in [9.17, 15) is 0 Å². The Morgan fingerprint density at radius 2 is 2.33 bits per heavy atom. The minimum atomic E-state index is 0.855. The third kappa shape index (κ3) is 4.72. The Labute approximate surface area is 55.3 Å². The molecule has 0 bridgehead atoms. The van der Waals surface area contributed by atoms with Crippen molar-refractivity contribution in [3.8, 4) is 0 Å². The number of hydrogen-bond acceptors (Lipinski definition) is 2. The van der Waals surface area contributed by atoms with Gasteiger partial charge in [-0.25, -0.2) is 0 Å². The summed E-state index contributed by atoms with van der Waals surface area (Å²) in [6.07, 6.45) is 3.49. The fourth-order valence-corrected chi connectivity index (χ4v) is 0.371. The molecule has 48 valence electrons. The Morgan fingerprint density at radius 3 is 2.78 bits per heavy atom. The second-order valence-corrected chi connectivity index (χ2v) is 1.48. The maximum atomic E-state index is 3.75. The Balaban J connectivity index is 3.99. The first-order valence-electron chi connectivity index (χ1n) is 2.64. The van der Waals surface area contributed by atoms with Gasteiger partial charge in [-0.15, -0.1) is 5.73 Å². The topological polar surface area (TPSA) is 24.7 Å². The van der Waals surface area contributed by atoms with Crippen molar-refractivity contribution in [1.29, 1.82) is 0 Å². The van der Waals surface area contributed by atoms with Crippen LogP contribution >= 0.6 is 0 Å². The summed E-state index contributed by atoms with van der Waals surface area (Å²) in [6, 6.07) is 0. The second kappa shape index (κ2) is 5.01. The monoisotopic (exact) mass is 122 g/mol. The Morgan fingerprint density at radius 1 is 1.67 bits per heavy atom. The highest BCUT2D eigenvalue weighted by Gasteiger charge is 1.75. The highest BCUT2D eigenvalue weighted by molar-refractivity contribution is 5.07. The fourth-order valence-electron chi connectivity index (χ4n) is 0.371. The van der Waals surface area contributed by atoms with Crippen LogP contribution in [0.1, 0.15) is 6.92 Å². The van der Waals surface area contributed by atoms with Gasteiger partial charge >= 0.3 is 0 Å². The summed E-state index contributed by atoms with van der Waals surface area (Å²) in [4.78, 5) is 0. The smallest absolute Gasteiger partial charge is 0.0601 e. The van der Waals surface area contributed by atoms with Crippen LogP contribution in [0.4, 0.5) is 0 Å². The summed E-state index contributed by atoms with van der Waals surface area (Å²) < 4.78 is 0. The summed E-state index contributed by atoms with van der Waals surface area (Å²) in [5, 5.41) is 7.33. The van der Waals surface area contributed by atoms with E-state index in [1.54, 1.807) is 19.2 Å². The minimum Gasteiger partial charge on any atom is -0.192 e. The molecule has 0 unspecified atom stereocenters. The molecule has 0 amide bonds. The van der Waals surface area contributed by atoms with Gasteiger partial charge in [0.2, 0.25) is 0 Å². The molecule has 0 aliphatic rings.